The number of pyridine rings is 1. The fourth-order valence-corrected chi connectivity index (χ4v) is 1.47. The van der Waals surface area contributed by atoms with Gasteiger partial charge in [-0.2, -0.15) is 5.26 Å². The minimum Gasteiger partial charge on any atom is -0.254 e. The standard InChI is InChI=1S/C9H6Cl2F2N2/c10-4-5-3-6(9(12)13)8(11)7(15-5)1-2-14/h3,9H,1,4H2. The van der Waals surface area contributed by atoms with Crippen LogP contribution in [0, 0.1) is 11.3 Å². The Morgan fingerprint density at radius 2 is 2.20 bits per heavy atom. The van der Waals surface area contributed by atoms with Gasteiger partial charge in [0.1, 0.15) is 0 Å². The molecule has 1 aromatic rings. The molecule has 6 heteroatoms. The zero-order chi connectivity index (χ0) is 11.4. The predicted molar refractivity (Wildman–Crippen MR) is 53.1 cm³/mol. The molecule has 0 atom stereocenters. The maximum atomic E-state index is 12.5. The normalized spacial score (nSPS) is 10.4. The van der Waals surface area contributed by atoms with Gasteiger partial charge in [-0.3, -0.25) is 4.98 Å². The lowest BCUT2D eigenvalue weighted by Gasteiger charge is -2.08. The number of nitrogens with zero attached hydrogens (tertiary/aromatic N) is 2. The summed E-state index contributed by atoms with van der Waals surface area (Å²) in [5, 5.41) is 8.32. The van der Waals surface area contributed by atoms with Crippen molar-refractivity contribution in [3.05, 3.63) is 28.0 Å². The molecule has 0 aromatic carbocycles. The summed E-state index contributed by atoms with van der Waals surface area (Å²) in [4.78, 5) is 3.90. The van der Waals surface area contributed by atoms with Gasteiger partial charge in [-0.15, -0.1) is 11.6 Å². The van der Waals surface area contributed by atoms with E-state index in [1.807, 2.05) is 6.07 Å². The SMILES string of the molecule is N#CCc1nc(CCl)cc(C(F)F)c1Cl. The van der Waals surface area contributed by atoms with Crippen molar-refractivity contribution in [1.82, 2.24) is 4.98 Å². The first-order valence-electron chi connectivity index (χ1n) is 3.99. The first kappa shape index (κ1) is 12.2. The maximum Gasteiger partial charge on any atom is 0.265 e. The van der Waals surface area contributed by atoms with E-state index in [0.717, 1.165) is 6.07 Å². The van der Waals surface area contributed by atoms with Crippen molar-refractivity contribution < 1.29 is 8.78 Å². The highest BCUT2D eigenvalue weighted by Gasteiger charge is 2.17. The van der Waals surface area contributed by atoms with E-state index >= 15 is 0 Å². The van der Waals surface area contributed by atoms with E-state index in [1.165, 1.54) is 0 Å². The Kier molecular flexibility index (Phi) is 4.25. The van der Waals surface area contributed by atoms with Crippen LogP contribution in [0.2, 0.25) is 5.02 Å². The molecule has 80 valence electrons. The molecule has 0 saturated heterocycles. The molecule has 1 heterocycles. The van der Waals surface area contributed by atoms with Crippen LogP contribution in [0.1, 0.15) is 23.4 Å². The Hall–Kier alpha value is -0.920. The highest BCUT2D eigenvalue weighted by atomic mass is 35.5. The van der Waals surface area contributed by atoms with Gasteiger partial charge >= 0.3 is 0 Å². The van der Waals surface area contributed by atoms with Crippen molar-refractivity contribution in [3.63, 3.8) is 0 Å². The molecule has 15 heavy (non-hydrogen) atoms. The summed E-state index contributed by atoms with van der Waals surface area (Å²) in [5.41, 5.74) is 0.113. The number of hydrogen-bond acceptors (Lipinski definition) is 2. The Bertz CT molecular complexity index is 402. The summed E-state index contributed by atoms with van der Waals surface area (Å²) in [6, 6.07) is 2.96. The molecule has 0 bridgehead atoms. The lowest BCUT2D eigenvalue weighted by atomic mass is 10.1. The molecule has 0 N–H and O–H groups in total. The zero-order valence-corrected chi connectivity index (χ0v) is 8.99. The average molecular weight is 251 g/mol. The Balaban J connectivity index is 3.28. The van der Waals surface area contributed by atoms with Crippen LogP contribution < -0.4 is 0 Å². The number of rotatable bonds is 3. The van der Waals surface area contributed by atoms with Gasteiger partial charge in [0.25, 0.3) is 6.43 Å². The van der Waals surface area contributed by atoms with Crippen LogP contribution in [0.15, 0.2) is 6.07 Å². The van der Waals surface area contributed by atoms with Gasteiger partial charge in [0, 0.05) is 5.56 Å². The average Bonchev–Trinajstić information content (AvgIpc) is 2.21. The van der Waals surface area contributed by atoms with Crippen molar-refractivity contribution in [1.29, 1.82) is 5.26 Å². The van der Waals surface area contributed by atoms with E-state index in [9.17, 15) is 8.78 Å². The molecule has 2 nitrogen and oxygen atoms in total. The van der Waals surface area contributed by atoms with E-state index in [-0.39, 0.29) is 28.6 Å². The van der Waals surface area contributed by atoms with Crippen LogP contribution in [0.4, 0.5) is 8.78 Å². The molecular formula is C9H6Cl2F2N2. The fourth-order valence-electron chi connectivity index (χ4n) is 1.08. The quantitative estimate of drug-likeness (QED) is 0.771. The smallest absolute Gasteiger partial charge is 0.254 e. The molecule has 0 spiro atoms. The summed E-state index contributed by atoms with van der Waals surface area (Å²) in [5.74, 6) is 0.00924. The monoisotopic (exact) mass is 250 g/mol. The molecule has 0 unspecified atom stereocenters. The van der Waals surface area contributed by atoms with Gasteiger partial charge in [0.05, 0.1) is 34.8 Å². The third-order valence-corrected chi connectivity index (χ3v) is 2.44. The van der Waals surface area contributed by atoms with E-state index in [1.54, 1.807) is 0 Å². The molecule has 0 saturated carbocycles. The first-order chi connectivity index (χ1) is 7.10. The maximum absolute atomic E-state index is 12.5. The molecule has 0 radical (unpaired) electrons. The van der Waals surface area contributed by atoms with Crippen LogP contribution in [0.25, 0.3) is 0 Å². The zero-order valence-electron chi connectivity index (χ0n) is 7.48. The first-order valence-corrected chi connectivity index (χ1v) is 4.90. The highest BCUT2D eigenvalue weighted by Crippen LogP contribution is 2.30. The summed E-state index contributed by atoms with van der Waals surface area (Å²) >= 11 is 11.2. The largest absolute Gasteiger partial charge is 0.265 e. The molecule has 1 aromatic heterocycles. The summed E-state index contributed by atoms with van der Waals surface area (Å²) < 4.78 is 25.1. The minimum atomic E-state index is -2.69. The van der Waals surface area contributed by atoms with Crippen LogP contribution in [-0.4, -0.2) is 4.98 Å². The Morgan fingerprint density at radius 1 is 1.53 bits per heavy atom. The highest BCUT2D eigenvalue weighted by molar-refractivity contribution is 6.32. The van der Waals surface area contributed by atoms with Crippen LogP contribution in [0.5, 0.6) is 0 Å². The molecular weight excluding hydrogens is 245 g/mol. The predicted octanol–water partition coefficient (Wildman–Crippen LogP) is 3.48. The number of hydrogen-bond donors (Lipinski definition) is 0. The van der Waals surface area contributed by atoms with E-state index in [2.05, 4.69) is 4.98 Å². The Morgan fingerprint density at radius 3 is 2.67 bits per heavy atom. The Labute approximate surface area is 95.4 Å². The van der Waals surface area contributed by atoms with Crippen LogP contribution >= 0.6 is 23.2 Å². The third-order valence-electron chi connectivity index (χ3n) is 1.73. The number of nitriles is 1. The van der Waals surface area contributed by atoms with E-state index in [0.29, 0.717) is 5.69 Å². The molecule has 1 rings (SSSR count). The molecule has 0 aliphatic rings. The van der Waals surface area contributed by atoms with Crippen molar-refractivity contribution in [2.24, 2.45) is 0 Å². The lowest BCUT2D eigenvalue weighted by molar-refractivity contribution is 0.151. The molecule has 0 fully saturated rings. The topological polar surface area (TPSA) is 36.7 Å². The van der Waals surface area contributed by atoms with Crippen molar-refractivity contribution in [2.75, 3.05) is 0 Å². The van der Waals surface area contributed by atoms with Crippen LogP contribution in [-0.2, 0) is 12.3 Å². The second-order valence-electron chi connectivity index (χ2n) is 2.73. The van der Waals surface area contributed by atoms with Crippen molar-refractivity contribution >= 4 is 23.2 Å². The number of alkyl halides is 3. The summed E-state index contributed by atoms with van der Waals surface area (Å²) in [6.07, 6.45) is -2.80. The van der Waals surface area contributed by atoms with Gasteiger partial charge in [-0.05, 0) is 6.07 Å². The van der Waals surface area contributed by atoms with Crippen LogP contribution in [0.3, 0.4) is 0 Å². The van der Waals surface area contributed by atoms with Crippen molar-refractivity contribution in [3.8, 4) is 6.07 Å². The molecule has 0 aliphatic carbocycles. The fraction of sp³-hybridized carbons (Fsp3) is 0.333. The van der Waals surface area contributed by atoms with Gasteiger partial charge in [0.2, 0.25) is 0 Å². The molecule has 0 aliphatic heterocycles. The van der Waals surface area contributed by atoms with Crippen molar-refractivity contribution in [2.45, 2.75) is 18.7 Å². The van der Waals surface area contributed by atoms with Gasteiger partial charge in [-0.25, -0.2) is 8.78 Å². The second-order valence-corrected chi connectivity index (χ2v) is 3.38. The second kappa shape index (κ2) is 5.24. The number of aromatic nitrogens is 1. The van der Waals surface area contributed by atoms with Gasteiger partial charge in [-0.1, -0.05) is 11.6 Å². The van der Waals surface area contributed by atoms with Gasteiger partial charge < -0.3 is 0 Å². The minimum absolute atomic E-state index is 0.00924. The summed E-state index contributed by atoms with van der Waals surface area (Å²) in [6.45, 7) is 0. The summed E-state index contributed by atoms with van der Waals surface area (Å²) in [7, 11) is 0. The van der Waals surface area contributed by atoms with E-state index < -0.39 is 6.43 Å². The number of halogens is 4. The lowest BCUT2D eigenvalue weighted by Crippen LogP contribution is -2.00. The van der Waals surface area contributed by atoms with Gasteiger partial charge in [0.15, 0.2) is 0 Å². The van der Waals surface area contributed by atoms with E-state index in [4.69, 9.17) is 28.5 Å². The molecule has 0 amide bonds. The third kappa shape index (κ3) is 2.77.